The minimum absolute atomic E-state index is 0. The van der Waals surface area contributed by atoms with Crippen LogP contribution in [0.5, 0.6) is 0 Å². The van der Waals surface area contributed by atoms with Crippen LogP contribution < -0.4 is 15.8 Å². The van der Waals surface area contributed by atoms with Crippen molar-refractivity contribution in [3.8, 4) is 0 Å². The van der Waals surface area contributed by atoms with Gasteiger partial charge in [0, 0.05) is 12.1 Å². The van der Waals surface area contributed by atoms with Gasteiger partial charge in [-0.2, -0.15) is 0 Å². The zero-order valence-electron chi connectivity index (χ0n) is 15.3. The summed E-state index contributed by atoms with van der Waals surface area (Å²) >= 11 is 0. The predicted octanol–water partition coefficient (Wildman–Crippen LogP) is 3.50. The molecule has 0 saturated heterocycles. The maximum absolute atomic E-state index is 12.4. The van der Waals surface area contributed by atoms with E-state index in [9.17, 15) is 13.2 Å². The molecule has 2 rings (SSSR count). The largest absolute Gasteiger partial charge is 0.330 e. The molecule has 0 bridgehead atoms. The molecule has 0 spiro atoms. The molecule has 1 aliphatic rings. The van der Waals surface area contributed by atoms with Gasteiger partial charge in [-0.3, -0.25) is 9.52 Å². The van der Waals surface area contributed by atoms with Crippen molar-refractivity contribution in [3.05, 3.63) is 24.3 Å². The number of carbonyl (C=O) groups excluding carboxylic acids is 1. The molecule has 6 nitrogen and oxygen atoms in total. The van der Waals surface area contributed by atoms with Crippen LogP contribution in [0.25, 0.3) is 0 Å². The number of carbonyl (C=O) groups is 1. The second kappa shape index (κ2) is 10.1. The number of hydrogen-bond acceptors (Lipinski definition) is 4. The number of hydrogen-bond donors (Lipinski definition) is 3. The monoisotopic (exact) mass is 403 g/mol. The van der Waals surface area contributed by atoms with Crippen molar-refractivity contribution in [2.75, 3.05) is 22.3 Å². The lowest BCUT2D eigenvalue weighted by Gasteiger charge is -2.35. The van der Waals surface area contributed by atoms with Gasteiger partial charge in [-0.05, 0) is 49.4 Å². The van der Waals surface area contributed by atoms with E-state index in [1.807, 2.05) is 6.92 Å². The van der Waals surface area contributed by atoms with Crippen molar-refractivity contribution >= 4 is 39.7 Å². The first-order chi connectivity index (χ1) is 11.9. The van der Waals surface area contributed by atoms with Crippen LogP contribution in [0, 0.1) is 5.41 Å². The third-order valence-corrected chi connectivity index (χ3v) is 6.27. The molecule has 0 aromatic heterocycles. The van der Waals surface area contributed by atoms with E-state index in [-0.39, 0.29) is 29.5 Å². The van der Waals surface area contributed by atoms with Crippen LogP contribution in [0.15, 0.2) is 24.3 Å². The van der Waals surface area contributed by atoms with E-state index >= 15 is 0 Å². The summed E-state index contributed by atoms with van der Waals surface area (Å²) in [5.74, 6) is 0.00343. The molecule has 1 fully saturated rings. The van der Waals surface area contributed by atoms with Crippen molar-refractivity contribution in [1.82, 2.24) is 0 Å². The smallest absolute Gasteiger partial charge is 0.232 e. The van der Waals surface area contributed by atoms with Gasteiger partial charge >= 0.3 is 0 Å². The van der Waals surface area contributed by atoms with E-state index < -0.39 is 10.0 Å². The molecular weight excluding hydrogens is 374 g/mol. The quantitative estimate of drug-likeness (QED) is 0.618. The lowest BCUT2D eigenvalue weighted by Crippen LogP contribution is -2.36. The van der Waals surface area contributed by atoms with Gasteiger partial charge in [0.25, 0.3) is 0 Å². The van der Waals surface area contributed by atoms with Crippen molar-refractivity contribution in [3.63, 3.8) is 0 Å². The van der Waals surface area contributed by atoms with E-state index in [0.29, 0.717) is 30.8 Å². The number of halogens is 1. The highest BCUT2D eigenvalue weighted by Crippen LogP contribution is 2.38. The van der Waals surface area contributed by atoms with Crippen molar-refractivity contribution in [2.24, 2.45) is 11.1 Å². The SMILES string of the molecule is CCCS(=O)(=O)Nc1cccc(NC(=O)CC2(CN)CCCCC2)c1.Cl. The summed E-state index contributed by atoms with van der Waals surface area (Å²) in [5, 5.41) is 2.88. The Kier molecular flexibility index (Phi) is 8.86. The molecule has 4 N–H and O–H groups in total. The molecule has 1 aromatic carbocycles. The summed E-state index contributed by atoms with van der Waals surface area (Å²) in [6.07, 6.45) is 6.41. The first-order valence-corrected chi connectivity index (χ1v) is 10.6. The lowest BCUT2D eigenvalue weighted by molar-refractivity contribution is -0.118. The molecule has 1 aliphatic carbocycles. The number of amides is 1. The Morgan fingerprint density at radius 2 is 1.85 bits per heavy atom. The lowest BCUT2D eigenvalue weighted by atomic mass is 9.71. The molecule has 148 valence electrons. The Balaban J connectivity index is 0.00000338. The van der Waals surface area contributed by atoms with Gasteiger partial charge in [0.05, 0.1) is 11.4 Å². The second-order valence-corrected chi connectivity index (χ2v) is 8.83. The molecule has 0 unspecified atom stereocenters. The van der Waals surface area contributed by atoms with Crippen LogP contribution in [-0.2, 0) is 14.8 Å². The molecule has 0 radical (unpaired) electrons. The highest BCUT2D eigenvalue weighted by atomic mass is 35.5. The Morgan fingerprint density at radius 3 is 2.46 bits per heavy atom. The highest BCUT2D eigenvalue weighted by molar-refractivity contribution is 7.92. The van der Waals surface area contributed by atoms with Gasteiger partial charge < -0.3 is 11.1 Å². The first kappa shape index (κ1) is 22.7. The van der Waals surface area contributed by atoms with Gasteiger partial charge in [-0.25, -0.2) is 8.42 Å². The van der Waals surface area contributed by atoms with Crippen LogP contribution in [0.4, 0.5) is 11.4 Å². The number of rotatable bonds is 8. The predicted molar refractivity (Wildman–Crippen MR) is 109 cm³/mol. The summed E-state index contributed by atoms with van der Waals surface area (Å²) in [4.78, 5) is 12.4. The van der Waals surface area contributed by atoms with Crippen molar-refractivity contribution in [2.45, 2.75) is 51.9 Å². The summed E-state index contributed by atoms with van der Waals surface area (Å²) in [6, 6.07) is 6.79. The number of benzene rings is 1. The van der Waals surface area contributed by atoms with E-state index in [0.717, 1.165) is 25.7 Å². The summed E-state index contributed by atoms with van der Waals surface area (Å²) in [5.41, 5.74) is 6.89. The van der Waals surface area contributed by atoms with Crippen LogP contribution >= 0.6 is 12.4 Å². The summed E-state index contributed by atoms with van der Waals surface area (Å²) in [6.45, 7) is 2.34. The van der Waals surface area contributed by atoms with Gasteiger partial charge in [-0.15, -0.1) is 12.4 Å². The Labute approximate surface area is 162 Å². The molecule has 1 aromatic rings. The van der Waals surface area contributed by atoms with Crippen molar-refractivity contribution < 1.29 is 13.2 Å². The molecule has 0 atom stereocenters. The molecular formula is C18H30ClN3O3S. The fourth-order valence-corrected chi connectivity index (χ4v) is 4.59. The van der Waals surface area contributed by atoms with Gasteiger partial charge in [0.1, 0.15) is 0 Å². The number of nitrogens with two attached hydrogens (primary N) is 1. The summed E-state index contributed by atoms with van der Waals surface area (Å²) < 4.78 is 26.3. The third kappa shape index (κ3) is 6.78. The zero-order chi connectivity index (χ0) is 18.3. The number of sulfonamides is 1. The second-order valence-electron chi connectivity index (χ2n) is 6.99. The molecule has 0 aliphatic heterocycles. The normalized spacial score (nSPS) is 16.4. The molecule has 0 heterocycles. The molecule has 8 heteroatoms. The van der Waals surface area contributed by atoms with Gasteiger partial charge in [0.15, 0.2) is 0 Å². The van der Waals surface area contributed by atoms with Crippen LogP contribution in [0.1, 0.15) is 51.9 Å². The molecule has 26 heavy (non-hydrogen) atoms. The average molecular weight is 404 g/mol. The van der Waals surface area contributed by atoms with Crippen molar-refractivity contribution in [1.29, 1.82) is 0 Å². The minimum atomic E-state index is -3.35. The third-order valence-electron chi connectivity index (χ3n) is 4.78. The van der Waals surface area contributed by atoms with Gasteiger partial charge in [-0.1, -0.05) is 32.3 Å². The fraction of sp³-hybridized carbons (Fsp3) is 0.611. The first-order valence-electron chi connectivity index (χ1n) is 8.98. The maximum Gasteiger partial charge on any atom is 0.232 e. The van der Waals surface area contributed by atoms with Crippen LogP contribution in [0.2, 0.25) is 0 Å². The standard InChI is InChI=1S/C18H29N3O3S.ClH/c1-2-11-25(23,24)21-16-8-6-7-15(12-16)20-17(22)13-18(14-19)9-4-3-5-10-18;/h6-8,12,21H,2-5,9-11,13-14,19H2,1H3,(H,20,22);1H. The van der Waals surface area contributed by atoms with E-state index in [1.54, 1.807) is 24.3 Å². The minimum Gasteiger partial charge on any atom is -0.330 e. The maximum atomic E-state index is 12.4. The zero-order valence-corrected chi connectivity index (χ0v) is 16.9. The Hall–Kier alpha value is -1.31. The van der Waals surface area contributed by atoms with E-state index in [2.05, 4.69) is 10.0 Å². The molecule has 1 saturated carbocycles. The topological polar surface area (TPSA) is 101 Å². The Bertz CT molecular complexity index is 689. The number of anilines is 2. The van der Waals surface area contributed by atoms with E-state index in [4.69, 9.17) is 5.73 Å². The van der Waals surface area contributed by atoms with E-state index in [1.165, 1.54) is 6.42 Å². The summed E-state index contributed by atoms with van der Waals surface area (Å²) in [7, 11) is -3.35. The highest BCUT2D eigenvalue weighted by Gasteiger charge is 2.32. The van der Waals surface area contributed by atoms with Crippen LogP contribution in [0.3, 0.4) is 0 Å². The van der Waals surface area contributed by atoms with Crippen LogP contribution in [-0.4, -0.2) is 26.6 Å². The number of nitrogens with one attached hydrogen (secondary N) is 2. The van der Waals surface area contributed by atoms with Gasteiger partial charge in [0.2, 0.25) is 15.9 Å². The average Bonchev–Trinajstić information content (AvgIpc) is 2.55. The Morgan fingerprint density at radius 1 is 1.19 bits per heavy atom. The fourth-order valence-electron chi connectivity index (χ4n) is 3.46. The molecule has 1 amide bonds.